The van der Waals surface area contributed by atoms with E-state index < -0.39 is 7.92 Å². The van der Waals surface area contributed by atoms with E-state index in [2.05, 4.69) is 122 Å². The Morgan fingerprint density at radius 2 is 0.943 bits per heavy atom. The van der Waals surface area contributed by atoms with Gasteiger partial charge in [-0.05, 0) is 42.3 Å². The van der Waals surface area contributed by atoms with Crippen LogP contribution in [0, 0.1) is 20.0 Å². The van der Waals surface area contributed by atoms with Crippen LogP contribution in [0.2, 0.25) is 5.02 Å². The van der Waals surface area contributed by atoms with Crippen molar-refractivity contribution in [3.05, 3.63) is 146 Å². The van der Waals surface area contributed by atoms with E-state index >= 15 is 0 Å². The SMILES string of the molecule is Clc1ccccc1[C@H](Nc1ccccc1)P(c1ccccc1)c1ccccc1.[C-]#[O+].[C-]#[O+].[C-]#[O+].[Cr]. The Morgan fingerprint density at radius 1 is 0.571 bits per heavy atom. The van der Waals surface area contributed by atoms with Gasteiger partial charge >= 0.3 is 33.9 Å². The molecule has 0 aliphatic rings. The second kappa shape index (κ2) is 19.5. The summed E-state index contributed by atoms with van der Waals surface area (Å²) in [6, 6.07) is 39.9. The summed E-state index contributed by atoms with van der Waals surface area (Å²) in [5.41, 5.74) is 2.21. The molecule has 0 bridgehead atoms. The quantitative estimate of drug-likeness (QED) is 0.171. The third kappa shape index (κ3) is 9.73. The van der Waals surface area contributed by atoms with E-state index in [9.17, 15) is 0 Å². The number of benzene rings is 4. The maximum atomic E-state index is 7.50. The molecule has 4 aromatic carbocycles. The first-order valence-corrected chi connectivity index (χ1v) is 11.7. The van der Waals surface area contributed by atoms with Crippen LogP contribution in [-0.4, -0.2) is 0 Å². The van der Waals surface area contributed by atoms with Crippen molar-refractivity contribution >= 4 is 35.8 Å². The van der Waals surface area contributed by atoms with Gasteiger partial charge in [0.05, 0.1) is 5.78 Å². The van der Waals surface area contributed by atoms with Gasteiger partial charge < -0.3 is 5.32 Å². The van der Waals surface area contributed by atoms with E-state index in [4.69, 9.17) is 25.6 Å². The minimum Gasteiger partial charge on any atom is 0 e. The molecule has 0 radical (unpaired) electrons. The Bertz CT molecular complexity index is 1100. The molecular weight excluding hydrogens is 517 g/mol. The molecule has 0 saturated carbocycles. The maximum absolute atomic E-state index is 7.50. The second-order valence-corrected chi connectivity index (χ2v) is 9.17. The zero-order valence-corrected chi connectivity index (χ0v) is 21.4. The van der Waals surface area contributed by atoms with Crippen LogP contribution in [0.1, 0.15) is 11.3 Å². The monoisotopic (exact) mass is 537 g/mol. The molecule has 1 atom stereocenters. The maximum Gasteiger partial charge on any atom is 0 e. The molecule has 0 fully saturated rings. The molecule has 35 heavy (non-hydrogen) atoms. The first-order chi connectivity index (χ1) is 16.8. The molecule has 0 unspecified atom stereocenters. The van der Waals surface area contributed by atoms with Crippen molar-refractivity contribution in [3.63, 3.8) is 0 Å². The summed E-state index contributed by atoms with van der Waals surface area (Å²) in [5, 5.41) is 7.20. The molecule has 1 N–H and O–H groups in total. The normalized spacial score (nSPS) is 9.71. The van der Waals surface area contributed by atoms with Crippen LogP contribution in [0.5, 0.6) is 0 Å². The summed E-state index contributed by atoms with van der Waals surface area (Å²) in [6.45, 7) is 13.5. The van der Waals surface area contributed by atoms with Crippen molar-refractivity contribution in [1.29, 1.82) is 0 Å². The first-order valence-electron chi connectivity index (χ1n) is 9.89. The molecule has 0 saturated heterocycles. The number of para-hydroxylation sites is 1. The van der Waals surface area contributed by atoms with Crippen molar-refractivity contribution in [1.82, 2.24) is 0 Å². The number of rotatable bonds is 6. The summed E-state index contributed by atoms with van der Waals surface area (Å²) < 4.78 is 22.5. The predicted octanol–water partition coefficient (Wildman–Crippen LogP) is 6.47. The Balaban J connectivity index is 0.00000154. The van der Waals surface area contributed by atoms with Crippen molar-refractivity contribution in [2.24, 2.45) is 0 Å². The first kappa shape index (κ1) is 32.2. The molecule has 174 valence electrons. The fourth-order valence-electron chi connectivity index (χ4n) is 3.29. The molecule has 0 aliphatic carbocycles. The third-order valence-corrected chi connectivity index (χ3v) is 7.58. The Kier molecular flexibility index (Phi) is 17.9. The zero-order chi connectivity index (χ0) is 25.2. The molecule has 0 heterocycles. The van der Waals surface area contributed by atoms with Gasteiger partial charge in [-0.3, -0.25) is 0 Å². The van der Waals surface area contributed by atoms with Crippen LogP contribution in [0.25, 0.3) is 0 Å². The van der Waals surface area contributed by atoms with E-state index in [0.717, 1.165) is 16.3 Å². The summed E-state index contributed by atoms with van der Waals surface area (Å²) in [4.78, 5) is 0. The molecule has 0 amide bonds. The van der Waals surface area contributed by atoms with Gasteiger partial charge in [-0.1, -0.05) is 109 Å². The standard InChI is InChI=1S/C25H21ClNP.3CO.Cr/c26-24-19-11-10-18-23(24)25(27-20-12-4-1-5-13-20)28(21-14-6-2-7-15-21)22-16-8-3-9-17-22;3*1-2;/h1-19,25,27H;;;;/t25-;;;;/m1..../s1. The van der Waals surface area contributed by atoms with Crippen molar-refractivity contribution in [2.45, 2.75) is 5.78 Å². The van der Waals surface area contributed by atoms with Crippen LogP contribution >= 0.6 is 19.5 Å². The third-order valence-electron chi connectivity index (χ3n) is 4.60. The number of halogens is 1. The fourth-order valence-corrected chi connectivity index (χ4v) is 6.28. The summed E-state index contributed by atoms with van der Waals surface area (Å²) in [7, 11) is -0.726. The summed E-state index contributed by atoms with van der Waals surface area (Å²) >= 11 is 6.67. The molecule has 4 rings (SSSR count). The van der Waals surface area contributed by atoms with Gasteiger partial charge in [-0.2, -0.15) is 0 Å². The summed E-state index contributed by atoms with van der Waals surface area (Å²) in [5.74, 6) is 0.0518. The molecule has 7 heteroatoms. The van der Waals surface area contributed by atoms with Crippen LogP contribution in [0.4, 0.5) is 5.69 Å². The Hall–Kier alpha value is -2.85. The van der Waals surface area contributed by atoms with E-state index in [1.807, 2.05) is 18.2 Å². The van der Waals surface area contributed by atoms with Crippen molar-refractivity contribution < 1.29 is 31.3 Å². The molecule has 0 aromatic heterocycles. The van der Waals surface area contributed by atoms with Gasteiger partial charge in [0.2, 0.25) is 0 Å². The number of anilines is 1. The minimum absolute atomic E-state index is 0. The van der Waals surface area contributed by atoms with Crippen molar-refractivity contribution in [3.8, 4) is 0 Å². The molecule has 0 aliphatic heterocycles. The second-order valence-electron chi connectivity index (χ2n) is 6.48. The topological polar surface area (TPSA) is 71.7 Å². The number of hydrogen-bond acceptors (Lipinski definition) is 1. The van der Waals surface area contributed by atoms with Crippen LogP contribution < -0.4 is 15.9 Å². The van der Waals surface area contributed by atoms with E-state index in [0.29, 0.717) is 0 Å². The fraction of sp³-hybridized carbons (Fsp3) is 0.0357. The van der Waals surface area contributed by atoms with Crippen LogP contribution in [0.15, 0.2) is 115 Å². The van der Waals surface area contributed by atoms with Crippen LogP contribution in [-0.2, 0) is 31.3 Å². The minimum atomic E-state index is -0.726. The van der Waals surface area contributed by atoms with Gasteiger partial charge in [-0.25, -0.2) is 0 Å². The van der Waals surface area contributed by atoms with E-state index in [1.165, 1.54) is 10.6 Å². The molecule has 4 nitrogen and oxygen atoms in total. The van der Waals surface area contributed by atoms with Gasteiger partial charge in [0.1, 0.15) is 0 Å². The Labute approximate surface area is 223 Å². The zero-order valence-electron chi connectivity index (χ0n) is 18.5. The average molecular weight is 538 g/mol. The molecule has 0 spiro atoms. The van der Waals surface area contributed by atoms with Gasteiger partial charge in [0, 0.05) is 28.1 Å². The number of nitrogens with one attached hydrogen (secondary N) is 1. The van der Waals surface area contributed by atoms with E-state index in [-0.39, 0.29) is 23.1 Å². The summed E-state index contributed by atoms with van der Waals surface area (Å²) in [6.07, 6.45) is 0. The molecule has 4 aromatic rings. The van der Waals surface area contributed by atoms with Gasteiger partial charge in [0.25, 0.3) is 0 Å². The molecular formula is C28H21ClCrNO3P. The largest absolute Gasteiger partial charge is 0 e. The van der Waals surface area contributed by atoms with Gasteiger partial charge in [-0.15, -0.1) is 0 Å². The number of hydrogen-bond donors (Lipinski definition) is 1. The average Bonchev–Trinajstić information content (AvgIpc) is 2.94. The van der Waals surface area contributed by atoms with Crippen molar-refractivity contribution in [2.75, 3.05) is 5.32 Å². The van der Waals surface area contributed by atoms with Crippen LogP contribution in [0.3, 0.4) is 0 Å². The van der Waals surface area contributed by atoms with E-state index in [1.54, 1.807) is 0 Å². The predicted molar refractivity (Wildman–Crippen MR) is 135 cm³/mol. The Morgan fingerprint density at radius 3 is 1.37 bits per heavy atom. The smallest absolute Gasteiger partial charge is 0 e. The van der Waals surface area contributed by atoms with Gasteiger partial charge in [0.15, 0.2) is 0 Å².